The van der Waals surface area contributed by atoms with Crippen LogP contribution in [0.3, 0.4) is 0 Å². The fourth-order valence-corrected chi connectivity index (χ4v) is 3.83. The Hall–Kier alpha value is 1.75. The molecule has 27 heavy (non-hydrogen) atoms. The van der Waals surface area contributed by atoms with E-state index in [1.165, 1.54) is 0 Å². The van der Waals surface area contributed by atoms with E-state index in [9.17, 15) is 33.7 Å². The first-order chi connectivity index (χ1) is 11.0. The average molecular weight is 449 g/mol. The first-order valence-corrected chi connectivity index (χ1v) is 9.82. The van der Waals surface area contributed by atoms with Gasteiger partial charge in [0, 0.05) is 6.54 Å². The standard InChI is InChI=1S/C12H19NO9P2.3Na/c14-11(22-9-10-5-2-1-3-6-10)13-8-4-7-12(15,23(16,17)18)24(19,20)21;;;/h1-3,5-6,15H,4,7-9H2,(H,13,14)(H2,16,17,18)(H2,19,20,21);;;/q;3*+1/p-3. The molecule has 2 atom stereocenters. The second-order valence-corrected chi connectivity index (χ2v) is 8.75. The van der Waals surface area contributed by atoms with Crippen molar-refractivity contribution in [3.8, 4) is 0 Å². The molecule has 0 fully saturated rings. The van der Waals surface area contributed by atoms with Gasteiger partial charge in [-0.15, -0.1) is 0 Å². The third kappa shape index (κ3) is 11.1. The first kappa shape index (κ1) is 33.4. The zero-order chi connectivity index (χ0) is 18.4. The molecular formula is C12H16NNa3O9P2. The number of rotatable bonds is 8. The molecule has 136 valence electrons. The summed E-state index contributed by atoms with van der Waals surface area (Å²) in [5.74, 6) is 0. The van der Waals surface area contributed by atoms with Gasteiger partial charge in [-0.25, -0.2) is 4.79 Å². The van der Waals surface area contributed by atoms with E-state index in [2.05, 4.69) is 5.32 Å². The average Bonchev–Trinajstić information content (AvgIpc) is 2.48. The van der Waals surface area contributed by atoms with Crippen LogP contribution in [0.1, 0.15) is 18.4 Å². The van der Waals surface area contributed by atoms with Crippen molar-refractivity contribution < 1.29 is 132 Å². The molecule has 0 radical (unpaired) electrons. The molecule has 3 N–H and O–H groups in total. The maximum Gasteiger partial charge on any atom is 1.00 e. The summed E-state index contributed by atoms with van der Waals surface area (Å²) in [6, 6.07) is 8.72. The van der Waals surface area contributed by atoms with E-state index >= 15 is 0 Å². The molecular weight excluding hydrogens is 433 g/mol. The van der Waals surface area contributed by atoms with Crippen LogP contribution in [0.5, 0.6) is 0 Å². The van der Waals surface area contributed by atoms with Crippen LogP contribution in [-0.4, -0.2) is 27.7 Å². The zero-order valence-corrected chi connectivity index (χ0v) is 23.2. The number of nitrogens with one attached hydrogen (secondary N) is 1. The Morgan fingerprint density at radius 2 is 1.63 bits per heavy atom. The molecule has 0 aliphatic rings. The van der Waals surface area contributed by atoms with Gasteiger partial charge in [0.25, 0.3) is 0 Å². The third-order valence-corrected chi connectivity index (χ3v) is 6.78. The van der Waals surface area contributed by atoms with Gasteiger partial charge in [-0.2, -0.15) is 0 Å². The minimum Gasteiger partial charge on any atom is -0.808 e. The number of amides is 1. The van der Waals surface area contributed by atoms with Crippen molar-refractivity contribution in [3.05, 3.63) is 35.9 Å². The molecule has 0 bridgehead atoms. The Kier molecular flexibility index (Phi) is 18.2. The molecule has 0 heterocycles. The molecule has 0 aromatic heterocycles. The van der Waals surface area contributed by atoms with Crippen molar-refractivity contribution in [2.45, 2.75) is 24.5 Å². The predicted molar refractivity (Wildman–Crippen MR) is 76.2 cm³/mol. The molecule has 10 nitrogen and oxygen atoms in total. The first-order valence-electron chi connectivity index (χ1n) is 6.70. The summed E-state index contributed by atoms with van der Waals surface area (Å²) in [5.41, 5.74) is 0.730. The number of alkyl carbamates (subject to hydrolysis) is 1. The molecule has 2 unspecified atom stereocenters. The van der Waals surface area contributed by atoms with Crippen LogP contribution in [0.4, 0.5) is 4.79 Å². The van der Waals surface area contributed by atoms with Gasteiger partial charge in [0.2, 0.25) is 0 Å². The summed E-state index contributed by atoms with van der Waals surface area (Å²) >= 11 is 0. The largest absolute Gasteiger partial charge is 1.00 e. The molecule has 0 aliphatic carbocycles. The van der Waals surface area contributed by atoms with Gasteiger partial charge in [-0.3, -0.25) is 0 Å². The quantitative estimate of drug-likeness (QED) is 0.197. The van der Waals surface area contributed by atoms with Gasteiger partial charge < -0.3 is 43.9 Å². The minimum atomic E-state index is -6.04. The summed E-state index contributed by atoms with van der Waals surface area (Å²) in [4.78, 5) is 52.8. The number of aliphatic hydroxyl groups is 1. The second kappa shape index (κ2) is 14.7. The fourth-order valence-electron chi connectivity index (χ4n) is 1.72. The van der Waals surface area contributed by atoms with E-state index in [1.807, 2.05) is 0 Å². The number of hydrogen-bond donors (Lipinski definition) is 3. The minimum absolute atomic E-state index is 0. The smallest absolute Gasteiger partial charge is 0.808 e. The summed E-state index contributed by atoms with van der Waals surface area (Å²) in [5, 5.41) is 7.82. The monoisotopic (exact) mass is 449 g/mol. The summed E-state index contributed by atoms with van der Waals surface area (Å²) < 4.78 is 26.6. The van der Waals surface area contributed by atoms with Crippen LogP contribution in [0.15, 0.2) is 30.3 Å². The molecule has 1 rings (SSSR count). The Morgan fingerprint density at radius 1 is 1.11 bits per heavy atom. The van der Waals surface area contributed by atoms with Crippen LogP contribution < -0.4 is 109 Å². The third-order valence-electron chi connectivity index (χ3n) is 3.06. The van der Waals surface area contributed by atoms with Gasteiger partial charge in [0.1, 0.15) is 6.61 Å². The number of ether oxygens (including phenoxy) is 1. The van der Waals surface area contributed by atoms with Crippen LogP contribution in [-0.2, 0) is 20.5 Å². The molecule has 0 spiro atoms. The molecule has 1 amide bonds. The van der Waals surface area contributed by atoms with Crippen LogP contribution >= 0.6 is 15.2 Å². The van der Waals surface area contributed by atoms with Crippen LogP contribution in [0.25, 0.3) is 0 Å². The molecule has 1 aromatic carbocycles. The molecule has 15 heteroatoms. The number of benzene rings is 1. The van der Waals surface area contributed by atoms with Crippen molar-refractivity contribution in [3.63, 3.8) is 0 Å². The van der Waals surface area contributed by atoms with E-state index in [0.717, 1.165) is 5.56 Å². The van der Waals surface area contributed by atoms with Crippen molar-refractivity contribution in [2.24, 2.45) is 0 Å². The van der Waals surface area contributed by atoms with Gasteiger partial charge in [0.05, 0.1) is 0 Å². The second-order valence-electron chi connectivity index (χ2n) is 4.88. The van der Waals surface area contributed by atoms with E-state index in [0.29, 0.717) is 0 Å². The SMILES string of the molecule is O=C(NCCCC(O)(P(=O)([O-])[O-])P(=O)([O-])O)OCc1ccccc1.[Na+].[Na+].[Na+]. The Bertz CT molecular complexity index is 631. The number of carbonyl (C=O) groups is 1. The van der Waals surface area contributed by atoms with Crippen molar-refractivity contribution in [1.29, 1.82) is 0 Å². The molecule has 0 aliphatic heterocycles. The molecule has 1 aromatic rings. The van der Waals surface area contributed by atoms with E-state index in [4.69, 9.17) is 9.63 Å². The normalized spacial score (nSPS) is 14.9. The Morgan fingerprint density at radius 3 is 2.07 bits per heavy atom. The number of hydrogen-bond acceptors (Lipinski definition) is 8. The van der Waals surface area contributed by atoms with E-state index in [1.54, 1.807) is 30.3 Å². The summed E-state index contributed by atoms with van der Waals surface area (Å²) in [6.07, 6.45) is -2.35. The van der Waals surface area contributed by atoms with Gasteiger partial charge >= 0.3 is 94.8 Å². The van der Waals surface area contributed by atoms with E-state index in [-0.39, 0.29) is 102 Å². The number of carbonyl (C=O) groups excluding carboxylic acids is 1. The fraction of sp³-hybridized carbons (Fsp3) is 0.417. The van der Waals surface area contributed by atoms with Crippen LogP contribution in [0, 0.1) is 0 Å². The van der Waals surface area contributed by atoms with E-state index < -0.39 is 39.2 Å². The molecule has 0 saturated heterocycles. The van der Waals surface area contributed by atoms with Crippen molar-refractivity contribution in [2.75, 3.05) is 6.54 Å². The van der Waals surface area contributed by atoms with Gasteiger partial charge in [-0.1, -0.05) is 30.3 Å². The topological polar surface area (TPSA) is 182 Å². The summed E-state index contributed by atoms with van der Waals surface area (Å²) in [6.45, 7) is -0.296. The molecule has 0 saturated carbocycles. The van der Waals surface area contributed by atoms with Crippen molar-refractivity contribution in [1.82, 2.24) is 5.32 Å². The zero-order valence-electron chi connectivity index (χ0n) is 15.4. The Balaban J connectivity index is -0.00000192. The van der Waals surface area contributed by atoms with Gasteiger partial charge in [0.15, 0.2) is 12.7 Å². The maximum absolute atomic E-state index is 11.4. The predicted octanol–water partition coefficient (Wildman–Crippen LogP) is -10.2. The van der Waals surface area contributed by atoms with Crippen LogP contribution in [0.2, 0.25) is 0 Å². The Labute approximate surface area is 223 Å². The van der Waals surface area contributed by atoms with Gasteiger partial charge in [-0.05, 0) is 26.0 Å². The summed E-state index contributed by atoms with van der Waals surface area (Å²) in [7, 11) is -11.9. The van der Waals surface area contributed by atoms with Crippen molar-refractivity contribution >= 4 is 21.3 Å². The maximum atomic E-state index is 11.4.